The van der Waals surface area contributed by atoms with Crippen molar-refractivity contribution in [2.24, 2.45) is 0 Å². The van der Waals surface area contributed by atoms with E-state index in [1.807, 2.05) is 0 Å². The number of aromatic nitrogens is 2. The molecule has 84 valence electrons. The maximum Gasteiger partial charge on any atom is 0.408 e. The monoisotopic (exact) mass is 235 g/mol. The molecule has 0 radical (unpaired) electrons. The molecule has 0 aromatic carbocycles. The van der Waals surface area contributed by atoms with E-state index in [0.29, 0.717) is 0 Å². The van der Waals surface area contributed by atoms with Crippen LogP contribution in [0.4, 0.5) is 5.82 Å². The number of aliphatic hydroxyl groups excluding tert-OH is 1. The molecule has 1 aromatic rings. The molecule has 1 rings (SSSR count). The van der Waals surface area contributed by atoms with E-state index in [0.717, 1.165) is 0 Å². The Kier molecular flexibility index (Phi) is 4.01. The lowest BCUT2D eigenvalue weighted by Crippen LogP contribution is -2.21. The van der Waals surface area contributed by atoms with Crippen LogP contribution in [-0.2, 0) is 11.3 Å². The van der Waals surface area contributed by atoms with E-state index in [1.54, 1.807) is 0 Å². The van der Waals surface area contributed by atoms with Crippen LogP contribution in [0.1, 0.15) is 0 Å². The summed E-state index contributed by atoms with van der Waals surface area (Å²) in [5.74, 6) is -0.415. The number of rotatable bonds is 5. The Labute approximate surface area is 90.4 Å². The van der Waals surface area contributed by atoms with Gasteiger partial charge in [-0.1, -0.05) is 11.6 Å². The molecule has 1 unspecified atom stereocenters. The molecule has 8 heteroatoms. The Morgan fingerprint density at radius 2 is 2.53 bits per heavy atom. The van der Waals surface area contributed by atoms with E-state index in [1.165, 1.54) is 18.0 Å². The third-order valence-electron chi connectivity index (χ3n) is 1.63. The molecule has 0 amide bonds. The molecule has 1 heterocycles. The first-order valence-electron chi connectivity index (χ1n) is 4.09. The molecule has 0 aliphatic heterocycles. The van der Waals surface area contributed by atoms with Gasteiger partial charge in [-0.05, 0) is 4.92 Å². The molecule has 0 bridgehead atoms. The highest BCUT2D eigenvalue weighted by Crippen LogP contribution is 2.21. The van der Waals surface area contributed by atoms with Crippen molar-refractivity contribution in [2.45, 2.75) is 12.6 Å². The van der Waals surface area contributed by atoms with E-state index >= 15 is 0 Å². The average Bonchev–Trinajstić information content (AvgIpc) is 2.47. The molecule has 0 saturated heterocycles. The first-order chi connectivity index (χ1) is 7.04. The Morgan fingerprint density at radius 3 is 3.00 bits per heavy atom. The van der Waals surface area contributed by atoms with Crippen LogP contribution >= 0.6 is 11.6 Å². The third-order valence-corrected chi connectivity index (χ3v) is 1.90. The fourth-order valence-electron chi connectivity index (χ4n) is 1.07. The molecule has 15 heavy (non-hydrogen) atoms. The number of halogens is 1. The highest BCUT2D eigenvalue weighted by molar-refractivity contribution is 6.32. The number of aliphatic hydroxyl groups is 1. The summed E-state index contributed by atoms with van der Waals surface area (Å²) in [6.45, 7) is 0.229. The van der Waals surface area contributed by atoms with E-state index in [-0.39, 0.29) is 18.2 Å². The standard InChI is InChI=1S/C7H10ClN3O4/c1-15-4-5(12)2-10-3-6(8)7(9-10)11(13)14/h3,5,12H,2,4H2,1H3. The number of ether oxygens (including phenoxy) is 1. The van der Waals surface area contributed by atoms with E-state index in [9.17, 15) is 15.2 Å². The van der Waals surface area contributed by atoms with Gasteiger partial charge in [-0.15, -0.1) is 0 Å². The zero-order valence-electron chi connectivity index (χ0n) is 7.96. The van der Waals surface area contributed by atoms with Crippen molar-refractivity contribution in [3.63, 3.8) is 0 Å². The van der Waals surface area contributed by atoms with E-state index < -0.39 is 16.8 Å². The largest absolute Gasteiger partial charge is 0.408 e. The first kappa shape index (κ1) is 11.9. The summed E-state index contributed by atoms with van der Waals surface area (Å²) >= 11 is 5.56. The molecule has 0 aliphatic carbocycles. The van der Waals surface area contributed by atoms with Crippen LogP contribution in [0.5, 0.6) is 0 Å². The van der Waals surface area contributed by atoms with Crippen molar-refractivity contribution in [3.8, 4) is 0 Å². The zero-order chi connectivity index (χ0) is 11.4. The molecular weight excluding hydrogens is 226 g/mol. The quantitative estimate of drug-likeness (QED) is 0.591. The van der Waals surface area contributed by atoms with Gasteiger partial charge >= 0.3 is 5.82 Å². The van der Waals surface area contributed by atoms with Crippen molar-refractivity contribution in [1.29, 1.82) is 0 Å². The van der Waals surface area contributed by atoms with Crippen LogP contribution in [0.3, 0.4) is 0 Å². The van der Waals surface area contributed by atoms with Gasteiger partial charge in [-0.2, -0.15) is 4.68 Å². The lowest BCUT2D eigenvalue weighted by molar-refractivity contribution is -0.389. The van der Waals surface area contributed by atoms with Gasteiger partial charge in [0.05, 0.1) is 30.6 Å². The molecule has 0 spiro atoms. The topological polar surface area (TPSA) is 90.4 Å². The van der Waals surface area contributed by atoms with Gasteiger partial charge in [0.15, 0.2) is 5.02 Å². The second-order valence-electron chi connectivity index (χ2n) is 2.89. The molecule has 0 fully saturated rings. The van der Waals surface area contributed by atoms with Gasteiger partial charge in [0.2, 0.25) is 0 Å². The highest BCUT2D eigenvalue weighted by Gasteiger charge is 2.20. The lowest BCUT2D eigenvalue weighted by atomic mass is 10.4. The molecule has 7 nitrogen and oxygen atoms in total. The maximum absolute atomic E-state index is 10.4. The SMILES string of the molecule is COCC(O)Cn1cc(Cl)c([N+](=O)[O-])n1. The molecule has 1 atom stereocenters. The summed E-state index contributed by atoms with van der Waals surface area (Å²) in [5.41, 5.74) is 0. The van der Waals surface area contributed by atoms with Gasteiger partial charge in [0.1, 0.15) is 0 Å². The molecule has 1 aromatic heterocycles. The predicted molar refractivity (Wildman–Crippen MR) is 51.8 cm³/mol. The van der Waals surface area contributed by atoms with Gasteiger partial charge in [-0.25, -0.2) is 0 Å². The number of nitrogens with zero attached hydrogens (tertiary/aromatic N) is 3. The summed E-state index contributed by atoms with van der Waals surface area (Å²) < 4.78 is 5.91. The van der Waals surface area contributed by atoms with Crippen LogP contribution in [0, 0.1) is 10.1 Å². The van der Waals surface area contributed by atoms with Crippen molar-refractivity contribution in [1.82, 2.24) is 9.78 Å². The zero-order valence-corrected chi connectivity index (χ0v) is 8.72. The summed E-state index contributed by atoms with van der Waals surface area (Å²) in [5, 5.41) is 23.3. The van der Waals surface area contributed by atoms with Crippen LogP contribution in [-0.4, -0.2) is 39.6 Å². The summed E-state index contributed by atoms with van der Waals surface area (Å²) in [6.07, 6.45) is 0.518. The number of hydrogen-bond acceptors (Lipinski definition) is 5. The lowest BCUT2D eigenvalue weighted by Gasteiger charge is -2.05. The van der Waals surface area contributed by atoms with Crippen LogP contribution in [0.2, 0.25) is 5.02 Å². The average molecular weight is 236 g/mol. The van der Waals surface area contributed by atoms with Crippen LogP contribution in [0.15, 0.2) is 6.20 Å². The normalized spacial score (nSPS) is 12.7. The molecular formula is C7H10ClN3O4. The second kappa shape index (κ2) is 5.06. The molecule has 0 aliphatic rings. The smallest absolute Gasteiger partial charge is 0.389 e. The number of hydrogen-bond donors (Lipinski definition) is 1. The fourth-order valence-corrected chi connectivity index (χ4v) is 1.28. The van der Waals surface area contributed by atoms with Gasteiger partial charge < -0.3 is 20.0 Å². The van der Waals surface area contributed by atoms with Crippen molar-refractivity contribution in [2.75, 3.05) is 13.7 Å². The second-order valence-corrected chi connectivity index (χ2v) is 3.30. The fraction of sp³-hybridized carbons (Fsp3) is 0.571. The van der Waals surface area contributed by atoms with Crippen LogP contribution < -0.4 is 0 Å². The number of nitro groups is 1. The Hall–Kier alpha value is -1.18. The van der Waals surface area contributed by atoms with E-state index in [2.05, 4.69) is 5.10 Å². The summed E-state index contributed by atoms with van der Waals surface area (Å²) in [6, 6.07) is 0. The summed E-state index contributed by atoms with van der Waals surface area (Å²) in [4.78, 5) is 9.73. The van der Waals surface area contributed by atoms with E-state index in [4.69, 9.17) is 16.3 Å². The minimum absolute atomic E-state index is 0.0513. The molecule has 1 N–H and O–H groups in total. The van der Waals surface area contributed by atoms with Gasteiger partial charge in [-0.3, -0.25) is 0 Å². The Morgan fingerprint density at radius 1 is 1.87 bits per heavy atom. The third kappa shape index (κ3) is 3.15. The predicted octanol–water partition coefficient (Wildman–Crippen LogP) is 0.452. The minimum Gasteiger partial charge on any atom is -0.389 e. The Balaban J connectivity index is 2.71. The van der Waals surface area contributed by atoms with Gasteiger partial charge in [0, 0.05) is 7.11 Å². The van der Waals surface area contributed by atoms with Crippen molar-refractivity contribution >= 4 is 17.4 Å². The highest BCUT2D eigenvalue weighted by atomic mass is 35.5. The van der Waals surface area contributed by atoms with Gasteiger partial charge in [0.25, 0.3) is 0 Å². The van der Waals surface area contributed by atoms with Crippen molar-refractivity contribution in [3.05, 3.63) is 21.3 Å². The number of methoxy groups -OCH3 is 1. The molecule has 0 saturated carbocycles. The van der Waals surface area contributed by atoms with Crippen LogP contribution in [0.25, 0.3) is 0 Å². The minimum atomic E-state index is -0.773. The Bertz CT molecular complexity index is 354. The maximum atomic E-state index is 10.4. The first-order valence-corrected chi connectivity index (χ1v) is 4.46. The summed E-state index contributed by atoms with van der Waals surface area (Å²) in [7, 11) is 1.45. The van der Waals surface area contributed by atoms with Crippen molar-refractivity contribution < 1.29 is 14.8 Å².